The Morgan fingerprint density at radius 1 is 1.30 bits per heavy atom. The molecule has 0 aliphatic carbocycles. The van der Waals surface area contributed by atoms with Crippen molar-refractivity contribution < 1.29 is 18.3 Å². The molecule has 1 aromatic carbocycles. The first-order chi connectivity index (χ1) is 9.31. The molecule has 0 bridgehead atoms. The van der Waals surface area contributed by atoms with Crippen molar-refractivity contribution in [2.45, 2.75) is 32.0 Å². The maximum Gasteiger partial charge on any atom is 0.401 e. The average molecular weight is 310 g/mol. The molecule has 0 spiro atoms. The molecule has 1 rings (SSSR count). The highest BCUT2D eigenvalue weighted by molar-refractivity contribution is 6.30. The highest BCUT2D eigenvalue weighted by atomic mass is 35.5. The molecule has 0 heterocycles. The van der Waals surface area contributed by atoms with Crippen LogP contribution >= 0.6 is 11.6 Å². The summed E-state index contributed by atoms with van der Waals surface area (Å²) in [6.07, 6.45) is -4.13. The zero-order valence-corrected chi connectivity index (χ0v) is 12.1. The summed E-state index contributed by atoms with van der Waals surface area (Å²) in [5, 5.41) is 10.5. The molecule has 20 heavy (non-hydrogen) atoms. The summed E-state index contributed by atoms with van der Waals surface area (Å²) < 4.78 is 37.2. The predicted octanol–water partition coefficient (Wildman–Crippen LogP) is 4.04. The molecule has 0 aliphatic rings. The van der Waals surface area contributed by atoms with Gasteiger partial charge in [-0.25, -0.2) is 0 Å². The fraction of sp³-hybridized carbons (Fsp3) is 0.571. The van der Waals surface area contributed by atoms with Crippen LogP contribution in [0.5, 0.6) is 0 Å². The second-order valence-electron chi connectivity index (χ2n) is 4.75. The Bertz CT molecular complexity index is 412. The van der Waals surface area contributed by atoms with Crippen LogP contribution < -0.4 is 0 Å². The maximum absolute atomic E-state index is 12.4. The predicted molar refractivity (Wildman–Crippen MR) is 73.8 cm³/mol. The van der Waals surface area contributed by atoms with Crippen molar-refractivity contribution in [3.05, 3.63) is 34.9 Å². The smallest absolute Gasteiger partial charge is 0.388 e. The molecule has 114 valence electrons. The van der Waals surface area contributed by atoms with Crippen molar-refractivity contribution in [1.82, 2.24) is 4.90 Å². The highest BCUT2D eigenvalue weighted by Gasteiger charge is 2.30. The number of hydrogen-bond acceptors (Lipinski definition) is 2. The molecule has 6 heteroatoms. The van der Waals surface area contributed by atoms with Gasteiger partial charge in [-0.3, -0.25) is 4.90 Å². The maximum atomic E-state index is 12.4. The first-order valence-electron chi connectivity index (χ1n) is 6.54. The van der Waals surface area contributed by atoms with Gasteiger partial charge in [0.1, 0.15) is 0 Å². The number of rotatable bonds is 7. The Morgan fingerprint density at radius 2 is 2.00 bits per heavy atom. The van der Waals surface area contributed by atoms with Crippen molar-refractivity contribution in [1.29, 1.82) is 0 Å². The summed E-state index contributed by atoms with van der Waals surface area (Å²) in [4.78, 5) is 1.31. The number of aliphatic hydroxyl groups excluding tert-OH is 1. The molecule has 1 unspecified atom stereocenters. The zero-order valence-electron chi connectivity index (χ0n) is 11.3. The number of aliphatic hydroxyl groups is 1. The van der Waals surface area contributed by atoms with Crippen molar-refractivity contribution in [3.63, 3.8) is 0 Å². The average Bonchev–Trinajstić information content (AvgIpc) is 2.34. The minimum absolute atomic E-state index is 0.195. The van der Waals surface area contributed by atoms with E-state index in [2.05, 4.69) is 0 Å². The summed E-state index contributed by atoms with van der Waals surface area (Å²) >= 11 is 5.82. The van der Waals surface area contributed by atoms with E-state index >= 15 is 0 Å². The fourth-order valence-corrected chi connectivity index (χ4v) is 2.22. The molecule has 1 aromatic rings. The van der Waals surface area contributed by atoms with E-state index in [1.807, 2.05) is 6.92 Å². The standard InChI is InChI=1S/C14H19ClF3NO/c1-2-7-19(10-14(16,17)18)8-6-13(20)11-4-3-5-12(15)9-11/h3-5,9,13,20H,2,6-8,10H2,1H3. The summed E-state index contributed by atoms with van der Waals surface area (Å²) in [6.45, 7) is 1.45. The van der Waals surface area contributed by atoms with Gasteiger partial charge < -0.3 is 5.11 Å². The largest absolute Gasteiger partial charge is 0.401 e. The van der Waals surface area contributed by atoms with Crippen molar-refractivity contribution in [2.75, 3.05) is 19.6 Å². The third-order valence-corrected chi connectivity index (χ3v) is 3.13. The van der Waals surface area contributed by atoms with Crippen LogP contribution in [0, 0.1) is 0 Å². The number of halogens is 4. The first-order valence-corrected chi connectivity index (χ1v) is 6.92. The summed E-state index contributed by atoms with van der Waals surface area (Å²) in [5.41, 5.74) is 0.626. The Hall–Kier alpha value is -0.780. The minimum Gasteiger partial charge on any atom is -0.388 e. The molecular weight excluding hydrogens is 291 g/mol. The minimum atomic E-state index is -4.21. The third-order valence-electron chi connectivity index (χ3n) is 2.89. The van der Waals surface area contributed by atoms with E-state index in [-0.39, 0.29) is 13.0 Å². The monoisotopic (exact) mass is 309 g/mol. The van der Waals surface area contributed by atoms with E-state index < -0.39 is 18.8 Å². The third kappa shape index (κ3) is 6.59. The van der Waals surface area contributed by atoms with E-state index in [1.165, 1.54) is 4.90 Å². The lowest BCUT2D eigenvalue weighted by Gasteiger charge is -2.24. The Balaban J connectivity index is 2.54. The molecule has 0 saturated carbocycles. The van der Waals surface area contributed by atoms with Crippen LogP contribution in [0.1, 0.15) is 31.4 Å². The van der Waals surface area contributed by atoms with Gasteiger partial charge in [-0.05, 0) is 37.1 Å². The Morgan fingerprint density at radius 3 is 2.55 bits per heavy atom. The highest BCUT2D eigenvalue weighted by Crippen LogP contribution is 2.22. The molecule has 2 nitrogen and oxygen atoms in total. The van der Waals surface area contributed by atoms with Crippen LogP contribution in [0.2, 0.25) is 5.02 Å². The van der Waals surface area contributed by atoms with Gasteiger partial charge in [0, 0.05) is 11.6 Å². The van der Waals surface area contributed by atoms with Crippen LogP contribution in [0.15, 0.2) is 24.3 Å². The SMILES string of the molecule is CCCN(CCC(O)c1cccc(Cl)c1)CC(F)(F)F. The van der Waals surface area contributed by atoms with E-state index in [0.717, 1.165) is 0 Å². The number of alkyl halides is 3. The van der Waals surface area contributed by atoms with Gasteiger partial charge in [0.2, 0.25) is 0 Å². The van der Waals surface area contributed by atoms with Gasteiger partial charge in [-0.2, -0.15) is 13.2 Å². The summed E-state index contributed by atoms with van der Waals surface area (Å²) in [6, 6.07) is 6.73. The Kier molecular flexibility index (Phi) is 6.79. The molecular formula is C14H19ClF3NO. The second kappa shape index (κ2) is 7.86. The quantitative estimate of drug-likeness (QED) is 0.822. The molecule has 0 saturated heterocycles. The number of hydrogen-bond donors (Lipinski definition) is 1. The molecule has 1 atom stereocenters. The van der Waals surface area contributed by atoms with Crippen molar-refractivity contribution in [2.24, 2.45) is 0 Å². The Labute approximate surface area is 122 Å². The van der Waals surface area contributed by atoms with Gasteiger partial charge in [0.15, 0.2) is 0 Å². The molecule has 0 amide bonds. The topological polar surface area (TPSA) is 23.5 Å². The van der Waals surface area contributed by atoms with Crippen molar-refractivity contribution in [3.8, 4) is 0 Å². The van der Waals surface area contributed by atoms with E-state index in [4.69, 9.17) is 11.6 Å². The zero-order chi connectivity index (χ0) is 15.2. The summed E-state index contributed by atoms with van der Waals surface area (Å²) in [7, 11) is 0. The molecule has 0 aliphatic heterocycles. The molecule has 0 radical (unpaired) electrons. The van der Waals surface area contributed by atoms with E-state index in [0.29, 0.717) is 23.6 Å². The van der Waals surface area contributed by atoms with Gasteiger partial charge >= 0.3 is 6.18 Å². The van der Waals surface area contributed by atoms with Gasteiger partial charge in [0.05, 0.1) is 12.6 Å². The lowest BCUT2D eigenvalue weighted by atomic mass is 10.1. The number of benzene rings is 1. The van der Waals surface area contributed by atoms with Gasteiger partial charge in [-0.1, -0.05) is 30.7 Å². The lowest BCUT2D eigenvalue weighted by Crippen LogP contribution is -2.36. The van der Waals surface area contributed by atoms with Crippen LogP contribution in [0.25, 0.3) is 0 Å². The van der Waals surface area contributed by atoms with E-state index in [9.17, 15) is 18.3 Å². The van der Waals surface area contributed by atoms with Crippen LogP contribution in [-0.4, -0.2) is 35.8 Å². The fourth-order valence-electron chi connectivity index (χ4n) is 2.03. The van der Waals surface area contributed by atoms with E-state index in [1.54, 1.807) is 24.3 Å². The summed E-state index contributed by atoms with van der Waals surface area (Å²) in [5.74, 6) is 0. The molecule has 0 aromatic heterocycles. The van der Waals surface area contributed by atoms with Crippen LogP contribution in [0.4, 0.5) is 13.2 Å². The first kappa shape index (κ1) is 17.3. The second-order valence-corrected chi connectivity index (χ2v) is 5.19. The number of nitrogens with zero attached hydrogens (tertiary/aromatic N) is 1. The normalized spacial score (nSPS) is 13.8. The van der Waals surface area contributed by atoms with Crippen molar-refractivity contribution >= 4 is 11.6 Å². The lowest BCUT2D eigenvalue weighted by molar-refractivity contribution is -0.146. The molecule has 1 N–H and O–H groups in total. The molecule has 0 fully saturated rings. The van der Waals surface area contributed by atoms with Crippen LogP contribution in [-0.2, 0) is 0 Å². The van der Waals surface area contributed by atoms with Gasteiger partial charge in [-0.15, -0.1) is 0 Å². The van der Waals surface area contributed by atoms with Gasteiger partial charge in [0.25, 0.3) is 0 Å². The van der Waals surface area contributed by atoms with Crippen LogP contribution in [0.3, 0.4) is 0 Å².